The number of benzene rings is 2. The van der Waals surface area contributed by atoms with Crippen molar-refractivity contribution in [3.05, 3.63) is 64.5 Å². The molecule has 5 nitrogen and oxygen atoms in total. The van der Waals surface area contributed by atoms with Crippen molar-refractivity contribution in [2.45, 2.75) is 46.3 Å². The Morgan fingerprint density at radius 3 is 2.33 bits per heavy atom. The van der Waals surface area contributed by atoms with Crippen LogP contribution in [0.3, 0.4) is 0 Å². The summed E-state index contributed by atoms with van der Waals surface area (Å²) in [5.41, 5.74) is 3.34. The molecular formula is C24H29FN2O3. The number of hydrogen-bond acceptors (Lipinski definition) is 4. The predicted molar refractivity (Wildman–Crippen MR) is 114 cm³/mol. The Kier molecular flexibility index (Phi) is 6.87. The molecule has 6 heteroatoms. The molecule has 0 aliphatic carbocycles. The maximum absolute atomic E-state index is 13.1. The van der Waals surface area contributed by atoms with E-state index < -0.39 is 0 Å². The predicted octanol–water partition coefficient (Wildman–Crippen LogP) is 3.76. The van der Waals surface area contributed by atoms with E-state index in [-0.39, 0.29) is 30.4 Å². The van der Waals surface area contributed by atoms with Crippen LogP contribution < -0.4 is 4.74 Å². The van der Waals surface area contributed by atoms with Gasteiger partial charge in [0.05, 0.1) is 0 Å². The van der Waals surface area contributed by atoms with Crippen molar-refractivity contribution in [2.75, 3.05) is 19.7 Å². The fourth-order valence-corrected chi connectivity index (χ4v) is 4.09. The second-order valence-electron chi connectivity index (χ2n) is 8.19. The number of ether oxygens (including phenoxy) is 1. The first kappa shape index (κ1) is 22.0. The molecule has 1 fully saturated rings. The van der Waals surface area contributed by atoms with Crippen molar-refractivity contribution in [3.63, 3.8) is 0 Å². The molecule has 0 N–H and O–H groups in total. The quantitative estimate of drug-likeness (QED) is 0.678. The van der Waals surface area contributed by atoms with Gasteiger partial charge >= 0.3 is 0 Å². The normalized spacial score (nSPS) is 19.6. The molecule has 1 amide bonds. The summed E-state index contributed by atoms with van der Waals surface area (Å²) >= 11 is 0. The van der Waals surface area contributed by atoms with Gasteiger partial charge in [0, 0.05) is 37.3 Å². The summed E-state index contributed by atoms with van der Waals surface area (Å²) < 4.78 is 19.0. The third kappa shape index (κ3) is 5.05. The van der Waals surface area contributed by atoms with Gasteiger partial charge in [-0.2, -0.15) is 0 Å². The monoisotopic (exact) mass is 412 g/mol. The Balaban J connectivity index is 1.60. The van der Waals surface area contributed by atoms with Crippen LogP contribution in [0.15, 0.2) is 36.4 Å². The molecule has 0 unspecified atom stereocenters. The van der Waals surface area contributed by atoms with Gasteiger partial charge in [0.1, 0.15) is 17.9 Å². The van der Waals surface area contributed by atoms with Crippen molar-refractivity contribution in [1.29, 1.82) is 0 Å². The number of aldehydes is 1. The molecule has 2 aromatic rings. The number of hydrogen-bond donors (Lipinski definition) is 0. The number of piperazine rings is 1. The molecule has 2 aromatic carbocycles. The van der Waals surface area contributed by atoms with Crippen molar-refractivity contribution in [2.24, 2.45) is 0 Å². The average Bonchev–Trinajstić information content (AvgIpc) is 2.71. The van der Waals surface area contributed by atoms with Gasteiger partial charge in [0.15, 0.2) is 6.61 Å². The van der Waals surface area contributed by atoms with Crippen molar-refractivity contribution in [1.82, 2.24) is 9.80 Å². The molecule has 1 aliphatic rings. The lowest BCUT2D eigenvalue weighted by Crippen LogP contribution is -2.58. The molecule has 30 heavy (non-hydrogen) atoms. The van der Waals surface area contributed by atoms with Crippen molar-refractivity contribution >= 4 is 12.2 Å². The van der Waals surface area contributed by atoms with Gasteiger partial charge in [-0.25, -0.2) is 4.39 Å². The third-order valence-corrected chi connectivity index (χ3v) is 5.69. The number of amides is 1. The first-order valence-corrected chi connectivity index (χ1v) is 10.3. The van der Waals surface area contributed by atoms with E-state index in [4.69, 9.17) is 4.74 Å². The molecule has 2 atom stereocenters. The topological polar surface area (TPSA) is 49.9 Å². The number of halogens is 1. The number of aryl methyl sites for hydroxylation is 2. The Bertz CT molecular complexity index is 890. The Labute approximate surface area is 177 Å². The van der Waals surface area contributed by atoms with E-state index in [0.29, 0.717) is 17.9 Å². The summed E-state index contributed by atoms with van der Waals surface area (Å²) in [6, 6.07) is 10.3. The zero-order valence-corrected chi connectivity index (χ0v) is 18.0. The van der Waals surface area contributed by atoms with E-state index >= 15 is 0 Å². The highest BCUT2D eigenvalue weighted by molar-refractivity contribution is 5.79. The van der Waals surface area contributed by atoms with Crippen LogP contribution in [-0.2, 0) is 11.3 Å². The zero-order chi connectivity index (χ0) is 21.8. The van der Waals surface area contributed by atoms with Gasteiger partial charge in [-0.1, -0.05) is 12.1 Å². The standard InChI is InChI=1S/C24H29FN2O3/c1-16-9-21(14-28)10-17(2)24(16)30-15-23(29)27-12-18(3)26(11-19(27)4)13-20-5-7-22(25)8-6-20/h5-10,14,18-19H,11-13,15H2,1-4H3/t18-,19+/m0/s1. The molecule has 0 bridgehead atoms. The van der Waals surface area contributed by atoms with Gasteiger partial charge in [-0.05, 0) is 68.7 Å². The molecule has 1 heterocycles. The maximum Gasteiger partial charge on any atom is 0.260 e. The van der Waals surface area contributed by atoms with Gasteiger partial charge in [0.2, 0.25) is 0 Å². The van der Waals surface area contributed by atoms with Gasteiger partial charge in [-0.15, -0.1) is 0 Å². The Hall–Kier alpha value is -2.73. The first-order chi connectivity index (χ1) is 14.3. The minimum Gasteiger partial charge on any atom is -0.483 e. The van der Waals surface area contributed by atoms with E-state index in [1.807, 2.05) is 25.7 Å². The summed E-state index contributed by atoms with van der Waals surface area (Å²) in [6.45, 7) is 9.95. The minimum atomic E-state index is -0.234. The van der Waals surface area contributed by atoms with Crippen LogP contribution in [0.4, 0.5) is 4.39 Å². The molecule has 0 radical (unpaired) electrons. The highest BCUT2D eigenvalue weighted by atomic mass is 19.1. The molecule has 160 valence electrons. The average molecular weight is 413 g/mol. The van der Waals surface area contributed by atoms with Gasteiger partial charge < -0.3 is 9.64 Å². The Morgan fingerprint density at radius 2 is 1.73 bits per heavy atom. The highest BCUT2D eigenvalue weighted by Crippen LogP contribution is 2.25. The van der Waals surface area contributed by atoms with Crippen LogP contribution in [0.1, 0.15) is 40.9 Å². The van der Waals surface area contributed by atoms with Gasteiger partial charge in [-0.3, -0.25) is 14.5 Å². The van der Waals surface area contributed by atoms with Gasteiger partial charge in [0.25, 0.3) is 5.91 Å². The summed E-state index contributed by atoms with van der Waals surface area (Å²) in [7, 11) is 0. The van der Waals surface area contributed by atoms with Crippen molar-refractivity contribution < 1.29 is 18.7 Å². The molecule has 1 saturated heterocycles. The summed E-state index contributed by atoms with van der Waals surface area (Å²) in [6.07, 6.45) is 0.809. The van der Waals surface area contributed by atoms with Crippen LogP contribution in [0.2, 0.25) is 0 Å². The first-order valence-electron chi connectivity index (χ1n) is 10.3. The second kappa shape index (κ2) is 9.39. The van der Waals surface area contributed by atoms with Crippen LogP contribution in [0.5, 0.6) is 5.75 Å². The summed E-state index contributed by atoms with van der Waals surface area (Å²) in [5.74, 6) is 0.375. The SMILES string of the molecule is Cc1cc(C=O)cc(C)c1OCC(=O)N1C[C@H](C)N(Cc2ccc(F)cc2)C[C@H]1C. The van der Waals surface area contributed by atoms with Crippen LogP contribution >= 0.6 is 0 Å². The fraction of sp³-hybridized carbons (Fsp3) is 0.417. The third-order valence-electron chi connectivity index (χ3n) is 5.69. The smallest absolute Gasteiger partial charge is 0.260 e. The number of nitrogens with zero attached hydrogens (tertiary/aromatic N) is 2. The van der Waals surface area contributed by atoms with Crippen LogP contribution in [-0.4, -0.2) is 53.8 Å². The lowest BCUT2D eigenvalue weighted by atomic mass is 10.1. The molecule has 0 aromatic heterocycles. The number of rotatable bonds is 6. The summed E-state index contributed by atoms with van der Waals surface area (Å²) in [5, 5.41) is 0. The summed E-state index contributed by atoms with van der Waals surface area (Å²) in [4.78, 5) is 28.0. The van der Waals surface area contributed by atoms with Crippen LogP contribution in [0.25, 0.3) is 0 Å². The molecule has 1 aliphatic heterocycles. The van der Waals surface area contributed by atoms with E-state index in [2.05, 4.69) is 11.8 Å². The fourth-order valence-electron chi connectivity index (χ4n) is 4.09. The van der Waals surface area contributed by atoms with E-state index in [0.717, 1.165) is 36.1 Å². The van der Waals surface area contributed by atoms with E-state index in [1.54, 1.807) is 24.3 Å². The molecule has 0 saturated carbocycles. The minimum absolute atomic E-state index is 0.0306. The number of carbonyl (C=O) groups is 2. The molecule has 3 rings (SSSR count). The van der Waals surface area contributed by atoms with Crippen molar-refractivity contribution in [3.8, 4) is 5.75 Å². The van der Waals surface area contributed by atoms with Crippen LogP contribution in [0, 0.1) is 19.7 Å². The highest BCUT2D eigenvalue weighted by Gasteiger charge is 2.32. The largest absolute Gasteiger partial charge is 0.483 e. The van der Waals surface area contributed by atoms with E-state index in [9.17, 15) is 14.0 Å². The molecular weight excluding hydrogens is 383 g/mol. The maximum atomic E-state index is 13.1. The number of carbonyl (C=O) groups excluding carboxylic acids is 2. The lowest BCUT2D eigenvalue weighted by molar-refractivity contribution is -0.139. The Morgan fingerprint density at radius 1 is 1.10 bits per heavy atom. The second-order valence-corrected chi connectivity index (χ2v) is 8.19. The zero-order valence-electron chi connectivity index (χ0n) is 18.0. The lowest BCUT2D eigenvalue weighted by Gasteiger charge is -2.44. The van der Waals surface area contributed by atoms with E-state index in [1.165, 1.54) is 12.1 Å². The molecule has 0 spiro atoms.